The zero-order valence-corrected chi connectivity index (χ0v) is 17.4. The minimum absolute atomic E-state index is 0.232. The van der Waals surface area contributed by atoms with Crippen molar-refractivity contribution in [1.29, 1.82) is 0 Å². The fraction of sp³-hybridized carbons (Fsp3) is 0.435. The van der Waals surface area contributed by atoms with Crippen molar-refractivity contribution in [2.75, 3.05) is 6.26 Å². The standard InChI is InChI=1S/C23H28N2O2S/c1-3-17-12-13-24-23-21(17)15-22(25-23)20(14-16-6-4-5-7-16)18-8-10-19(11-9-18)28(2,26)27/h8-13,15-16,20H,3-7,14H2,1-2H3,(H,24,25). The van der Waals surface area contributed by atoms with Crippen molar-refractivity contribution in [1.82, 2.24) is 9.97 Å². The molecule has 1 unspecified atom stereocenters. The van der Waals surface area contributed by atoms with E-state index in [2.05, 4.69) is 29.0 Å². The lowest BCUT2D eigenvalue weighted by molar-refractivity contribution is 0.469. The molecule has 1 aliphatic rings. The van der Waals surface area contributed by atoms with Gasteiger partial charge >= 0.3 is 0 Å². The number of aryl methyl sites for hydroxylation is 1. The van der Waals surface area contributed by atoms with Gasteiger partial charge in [0.15, 0.2) is 9.84 Å². The number of benzene rings is 1. The maximum atomic E-state index is 11.8. The maximum absolute atomic E-state index is 11.8. The molecule has 2 heterocycles. The third kappa shape index (κ3) is 3.86. The highest BCUT2D eigenvalue weighted by atomic mass is 32.2. The summed E-state index contributed by atoms with van der Waals surface area (Å²) in [4.78, 5) is 8.47. The smallest absolute Gasteiger partial charge is 0.175 e. The van der Waals surface area contributed by atoms with Crippen LogP contribution in [0, 0.1) is 5.92 Å². The molecule has 1 N–H and O–H groups in total. The number of rotatable bonds is 6. The number of hydrogen-bond acceptors (Lipinski definition) is 3. The largest absolute Gasteiger partial charge is 0.343 e. The van der Waals surface area contributed by atoms with Crippen LogP contribution in [0.15, 0.2) is 47.5 Å². The third-order valence-corrected chi connectivity index (χ3v) is 7.28. The van der Waals surface area contributed by atoms with Gasteiger partial charge in [-0.25, -0.2) is 13.4 Å². The summed E-state index contributed by atoms with van der Waals surface area (Å²) in [5.74, 6) is 0.959. The van der Waals surface area contributed by atoms with Gasteiger partial charge in [-0.05, 0) is 54.2 Å². The minimum Gasteiger partial charge on any atom is -0.343 e. The Labute approximate surface area is 167 Å². The highest BCUT2D eigenvalue weighted by Gasteiger charge is 2.24. The van der Waals surface area contributed by atoms with E-state index >= 15 is 0 Å². The Hall–Kier alpha value is -2.14. The molecule has 1 atom stereocenters. The van der Waals surface area contributed by atoms with Crippen molar-refractivity contribution in [2.24, 2.45) is 5.92 Å². The second kappa shape index (κ2) is 7.70. The molecule has 5 heteroatoms. The molecule has 2 aromatic heterocycles. The Morgan fingerprint density at radius 2 is 1.86 bits per heavy atom. The summed E-state index contributed by atoms with van der Waals surface area (Å²) in [6, 6.07) is 11.8. The van der Waals surface area contributed by atoms with Crippen LogP contribution in [0.2, 0.25) is 0 Å². The number of aromatic amines is 1. The van der Waals surface area contributed by atoms with Gasteiger partial charge in [-0.15, -0.1) is 0 Å². The lowest BCUT2D eigenvalue weighted by atomic mass is 9.85. The van der Waals surface area contributed by atoms with E-state index in [-0.39, 0.29) is 5.92 Å². The molecule has 1 aromatic carbocycles. The van der Waals surface area contributed by atoms with E-state index in [0.717, 1.165) is 24.4 Å². The fourth-order valence-electron chi connectivity index (χ4n) is 4.57. The highest BCUT2D eigenvalue weighted by Crippen LogP contribution is 2.38. The Kier molecular flexibility index (Phi) is 5.28. The summed E-state index contributed by atoms with van der Waals surface area (Å²) < 4.78 is 23.7. The SMILES string of the molecule is CCc1ccnc2[nH]c(C(CC3CCCC3)c3ccc(S(C)(=O)=O)cc3)cc12. The highest BCUT2D eigenvalue weighted by molar-refractivity contribution is 7.90. The van der Waals surface area contributed by atoms with E-state index in [1.54, 1.807) is 12.1 Å². The van der Waals surface area contributed by atoms with Crippen LogP contribution in [0.3, 0.4) is 0 Å². The zero-order valence-electron chi connectivity index (χ0n) is 16.6. The van der Waals surface area contributed by atoms with Gasteiger partial charge in [0.1, 0.15) is 5.65 Å². The monoisotopic (exact) mass is 396 g/mol. The average molecular weight is 397 g/mol. The van der Waals surface area contributed by atoms with Crippen LogP contribution in [-0.2, 0) is 16.3 Å². The Balaban J connectivity index is 1.75. The summed E-state index contributed by atoms with van der Waals surface area (Å²) in [6.45, 7) is 2.17. The first-order chi connectivity index (χ1) is 13.5. The van der Waals surface area contributed by atoms with Crippen LogP contribution in [-0.4, -0.2) is 24.6 Å². The molecule has 28 heavy (non-hydrogen) atoms. The number of nitrogens with zero attached hydrogens (tertiary/aromatic N) is 1. The van der Waals surface area contributed by atoms with E-state index < -0.39 is 9.84 Å². The molecule has 1 fully saturated rings. The molecule has 0 bridgehead atoms. The quantitative estimate of drug-likeness (QED) is 0.620. The van der Waals surface area contributed by atoms with Crippen molar-refractivity contribution >= 4 is 20.9 Å². The van der Waals surface area contributed by atoms with E-state index in [1.165, 1.54) is 54.1 Å². The normalized spacial score (nSPS) is 16.6. The molecule has 1 aliphatic carbocycles. The molecule has 0 saturated heterocycles. The van der Waals surface area contributed by atoms with Gasteiger partial charge in [0, 0.05) is 29.5 Å². The summed E-state index contributed by atoms with van der Waals surface area (Å²) in [5.41, 5.74) is 4.60. The van der Waals surface area contributed by atoms with Gasteiger partial charge < -0.3 is 4.98 Å². The lowest BCUT2D eigenvalue weighted by Gasteiger charge is -2.20. The first-order valence-electron chi connectivity index (χ1n) is 10.2. The molecule has 0 radical (unpaired) electrons. The first-order valence-corrected chi connectivity index (χ1v) is 12.1. The molecule has 0 spiro atoms. The zero-order chi connectivity index (χ0) is 19.7. The van der Waals surface area contributed by atoms with Crippen molar-refractivity contribution < 1.29 is 8.42 Å². The predicted octanol–water partition coefficient (Wildman–Crippen LogP) is 5.24. The van der Waals surface area contributed by atoms with Crippen LogP contribution in [0.25, 0.3) is 11.0 Å². The number of H-pyrrole nitrogens is 1. The molecule has 3 aromatic rings. The fourth-order valence-corrected chi connectivity index (χ4v) is 5.20. The average Bonchev–Trinajstić information content (AvgIpc) is 3.34. The van der Waals surface area contributed by atoms with Crippen LogP contribution >= 0.6 is 0 Å². The van der Waals surface area contributed by atoms with E-state index in [0.29, 0.717) is 4.90 Å². The van der Waals surface area contributed by atoms with Crippen molar-refractivity contribution in [2.45, 2.75) is 56.3 Å². The van der Waals surface area contributed by atoms with E-state index in [4.69, 9.17) is 0 Å². The number of aromatic nitrogens is 2. The van der Waals surface area contributed by atoms with Gasteiger partial charge in [0.2, 0.25) is 0 Å². The van der Waals surface area contributed by atoms with Crippen molar-refractivity contribution in [3.05, 3.63) is 59.4 Å². The summed E-state index contributed by atoms with van der Waals surface area (Å²) in [6.07, 6.45) is 10.4. The van der Waals surface area contributed by atoms with Crippen LogP contribution in [0.1, 0.15) is 61.8 Å². The molecular weight excluding hydrogens is 368 g/mol. The number of fused-ring (bicyclic) bond motifs is 1. The first kappa shape index (κ1) is 19.2. The molecule has 148 valence electrons. The Bertz CT molecular complexity index is 1060. The van der Waals surface area contributed by atoms with Gasteiger partial charge in [0.05, 0.1) is 4.90 Å². The van der Waals surface area contributed by atoms with Gasteiger partial charge in [-0.1, -0.05) is 44.7 Å². The van der Waals surface area contributed by atoms with E-state index in [1.807, 2.05) is 18.3 Å². The molecule has 1 saturated carbocycles. The van der Waals surface area contributed by atoms with Gasteiger partial charge in [0.25, 0.3) is 0 Å². The van der Waals surface area contributed by atoms with E-state index in [9.17, 15) is 8.42 Å². The van der Waals surface area contributed by atoms with Crippen LogP contribution < -0.4 is 0 Å². The van der Waals surface area contributed by atoms with Crippen LogP contribution in [0.4, 0.5) is 0 Å². The second-order valence-corrected chi connectivity index (χ2v) is 10.1. The molecule has 4 rings (SSSR count). The third-order valence-electron chi connectivity index (χ3n) is 6.15. The molecular formula is C23H28N2O2S. The maximum Gasteiger partial charge on any atom is 0.175 e. The summed E-state index contributed by atoms with van der Waals surface area (Å²) in [5, 5.41) is 1.20. The van der Waals surface area contributed by atoms with Gasteiger partial charge in [-0.3, -0.25) is 0 Å². The predicted molar refractivity (Wildman–Crippen MR) is 113 cm³/mol. The number of pyridine rings is 1. The van der Waals surface area contributed by atoms with Gasteiger partial charge in [-0.2, -0.15) is 0 Å². The van der Waals surface area contributed by atoms with Crippen LogP contribution in [0.5, 0.6) is 0 Å². The Morgan fingerprint density at radius 3 is 2.50 bits per heavy atom. The summed E-state index contributed by atoms with van der Waals surface area (Å²) >= 11 is 0. The second-order valence-electron chi connectivity index (χ2n) is 8.09. The molecule has 0 amide bonds. The number of sulfone groups is 1. The van der Waals surface area contributed by atoms with Crippen molar-refractivity contribution in [3.63, 3.8) is 0 Å². The number of hydrogen-bond donors (Lipinski definition) is 1. The lowest BCUT2D eigenvalue weighted by Crippen LogP contribution is -2.08. The number of nitrogens with one attached hydrogen (secondary N) is 1. The molecule has 4 nitrogen and oxygen atoms in total. The Morgan fingerprint density at radius 1 is 1.14 bits per heavy atom. The summed E-state index contributed by atoms with van der Waals surface area (Å²) in [7, 11) is -3.18. The molecule has 0 aliphatic heterocycles. The topological polar surface area (TPSA) is 62.8 Å². The minimum atomic E-state index is -3.18. The van der Waals surface area contributed by atoms with Crippen molar-refractivity contribution in [3.8, 4) is 0 Å².